The molecule has 0 amide bonds. The molecule has 0 spiro atoms. The quantitative estimate of drug-likeness (QED) is 0.765. The van der Waals surface area contributed by atoms with Gasteiger partial charge in [0, 0.05) is 11.6 Å². The van der Waals surface area contributed by atoms with Gasteiger partial charge in [-0.3, -0.25) is 4.79 Å². The molecule has 0 aliphatic carbocycles. The second-order valence-corrected chi connectivity index (χ2v) is 3.52. The zero-order valence-corrected chi connectivity index (χ0v) is 9.16. The van der Waals surface area contributed by atoms with Crippen molar-refractivity contribution in [2.75, 3.05) is 7.11 Å². The minimum Gasteiger partial charge on any atom is -0.505 e. The monoisotopic (exact) mass is 227 g/mol. The van der Waals surface area contributed by atoms with Crippen LogP contribution in [0.5, 0.6) is 5.75 Å². The Kier molecular flexibility index (Phi) is 3.84. The molecule has 1 aromatic rings. The lowest BCUT2D eigenvalue weighted by Gasteiger charge is -2.13. The number of ether oxygens (including phenoxy) is 1. The van der Waals surface area contributed by atoms with Crippen molar-refractivity contribution in [3.05, 3.63) is 29.1 Å². The van der Waals surface area contributed by atoms with E-state index in [1.54, 1.807) is 0 Å². The first-order valence-corrected chi connectivity index (χ1v) is 4.77. The van der Waals surface area contributed by atoms with Crippen molar-refractivity contribution in [2.24, 2.45) is 5.73 Å². The zero-order valence-electron chi connectivity index (χ0n) is 9.16. The van der Waals surface area contributed by atoms with Crippen molar-refractivity contribution in [1.29, 1.82) is 0 Å². The summed E-state index contributed by atoms with van der Waals surface area (Å²) in [6, 6.07) is 2.23. The molecule has 0 saturated heterocycles. The summed E-state index contributed by atoms with van der Waals surface area (Å²) in [6.07, 6.45) is -0.105. The number of phenols is 1. The number of aromatic hydroxyl groups is 1. The van der Waals surface area contributed by atoms with Crippen molar-refractivity contribution in [2.45, 2.75) is 19.4 Å². The van der Waals surface area contributed by atoms with Crippen LogP contribution in [-0.4, -0.2) is 18.2 Å². The molecule has 0 bridgehead atoms. The summed E-state index contributed by atoms with van der Waals surface area (Å²) in [5.41, 5.74) is 6.19. The maximum absolute atomic E-state index is 13.3. The number of halogens is 1. The predicted molar refractivity (Wildman–Crippen MR) is 56.4 cm³/mol. The Morgan fingerprint density at radius 2 is 2.25 bits per heavy atom. The van der Waals surface area contributed by atoms with Gasteiger partial charge in [-0.2, -0.15) is 0 Å². The number of carbonyl (C=O) groups excluding carboxylic acids is 1. The maximum atomic E-state index is 13.3. The topological polar surface area (TPSA) is 72.5 Å². The fourth-order valence-electron chi connectivity index (χ4n) is 1.35. The van der Waals surface area contributed by atoms with Gasteiger partial charge in [-0.15, -0.1) is 0 Å². The Balaban J connectivity index is 2.96. The molecule has 3 N–H and O–H groups in total. The first kappa shape index (κ1) is 12.4. The molecule has 0 aliphatic heterocycles. The number of esters is 1. The van der Waals surface area contributed by atoms with Gasteiger partial charge in [0.2, 0.25) is 0 Å². The Labute approximate surface area is 92.8 Å². The molecule has 1 atom stereocenters. The molecule has 0 unspecified atom stereocenters. The molecule has 4 nitrogen and oxygen atoms in total. The third-order valence-corrected chi connectivity index (χ3v) is 2.35. The Morgan fingerprint density at radius 3 is 2.81 bits per heavy atom. The summed E-state index contributed by atoms with van der Waals surface area (Å²) >= 11 is 0. The summed E-state index contributed by atoms with van der Waals surface area (Å²) in [7, 11) is 1.24. The number of benzene rings is 1. The van der Waals surface area contributed by atoms with Gasteiger partial charge in [0.15, 0.2) is 11.6 Å². The lowest BCUT2D eigenvalue weighted by atomic mass is 10.0. The largest absolute Gasteiger partial charge is 0.505 e. The molecule has 0 aliphatic rings. The third-order valence-electron chi connectivity index (χ3n) is 2.35. The molecule has 1 aromatic carbocycles. The molecule has 0 saturated carbocycles. The minimum absolute atomic E-state index is 0.105. The highest BCUT2D eigenvalue weighted by Crippen LogP contribution is 2.29. The van der Waals surface area contributed by atoms with Crippen LogP contribution in [0.2, 0.25) is 0 Å². The summed E-state index contributed by atoms with van der Waals surface area (Å²) in [4.78, 5) is 11.0. The SMILES string of the molecule is COC(=O)C[C@H](N)c1ccc(C)c(F)c1O. The van der Waals surface area contributed by atoms with Crippen LogP contribution in [-0.2, 0) is 9.53 Å². The van der Waals surface area contributed by atoms with E-state index in [0.717, 1.165) is 0 Å². The van der Waals surface area contributed by atoms with Gasteiger partial charge in [0.1, 0.15) is 0 Å². The van der Waals surface area contributed by atoms with Crippen molar-refractivity contribution in [3.63, 3.8) is 0 Å². The Morgan fingerprint density at radius 1 is 1.62 bits per heavy atom. The molecule has 0 heterocycles. The number of rotatable bonds is 3. The Bertz CT molecular complexity index is 406. The molecule has 5 heteroatoms. The normalized spacial score (nSPS) is 12.2. The standard InChI is InChI=1S/C11H14FNO3/c1-6-3-4-7(11(15)10(6)12)8(13)5-9(14)16-2/h3-4,8,15H,5,13H2,1-2H3/t8-/m0/s1. The van der Waals surface area contributed by atoms with Crippen molar-refractivity contribution in [1.82, 2.24) is 0 Å². The van der Waals surface area contributed by atoms with Gasteiger partial charge in [-0.1, -0.05) is 12.1 Å². The fourth-order valence-corrected chi connectivity index (χ4v) is 1.35. The zero-order chi connectivity index (χ0) is 12.3. The van der Waals surface area contributed by atoms with E-state index in [2.05, 4.69) is 4.74 Å². The lowest BCUT2D eigenvalue weighted by Crippen LogP contribution is -2.16. The van der Waals surface area contributed by atoms with Crippen molar-refractivity contribution < 1.29 is 19.0 Å². The fraction of sp³-hybridized carbons (Fsp3) is 0.364. The van der Waals surface area contributed by atoms with Gasteiger partial charge in [-0.05, 0) is 12.5 Å². The Hall–Kier alpha value is -1.62. The number of carbonyl (C=O) groups is 1. The smallest absolute Gasteiger partial charge is 0.307 e. The average Bonchev–Trinajstić information content (AvgIpc) is 2.25. The summed E-state index contributed by atoms with van der Waals surface area (Å²) in [6.45, 7) is 1.53. The van der Waals surface area contributed by atoms with Crippen LogP contribution >= 0.6 is 0 Å². The number of hydrogen-bond acceptors (Lipinski definition) is 4. The summed E-state index contributed by atoms with van der Waals surface area (Å²) in [5.74, 6) is -1.72. The van der Waals surface area contributed by atoms with E-state index in [1.165, 1.54) is 26.2 Å². The van der Waals surface area contributed by atoms with Crippen molar-refractivity contribution in [3.8, 4) is 5.75 Å². The van der Waals surface area contributed by atoms with Crippen LogP contribution in [0.4, 0.5) is 4.39 Å². The van der Waals surface area contributed by atoms with Crippen LogP contribution < -0.4 is 5.73 Å². The van der Waals surface area contributed by atoms with Gasteiger partial charge >= 0.3 is 5.97 Å². The van der Waals surface area contributed by atoms with E-state index < -0.39 is 23.6 Å². The second-order valence-electron chi connectivity index (χ2n) is 3.52. The molecular formula is C11H14FNO3. The highest BCUT2D eigenvalue weighted by Gasteiger charge is 2.18. The summed E-state index contributed by atoms with van der Waals surface area (Å²) in [5, 5.41) is 9.53. The van der Waals surface area contributed by atoms with Gasteiger partial charge in [-0.25, -0.2) is 4.39 Å². The lowest BCUT2D eigenvalue weighted by molar-refractivity contribution is -0.141. The van der Waals surface area contributed by atoms with Crippen LogP contribution in [0, 0.1) is 12.7 Å². The second kappa shape index (κ2) is 4.94. The highest BCUT2D eigenvalue weighted by atomic mass is 19.1. The van der Waals surface area contributed by atoms with E-state index in [9.17, 15) is 14.3 Å². The number of methoxy groups -OCH3 is 1. The van der Waals surface area contributed by atoms with E-state index >= 15 is 0 Å². The van der Waals surface area contributed by atoms with E-state index in [1.807, 2.05) is 0 Å². The average molecular weight is 227 g/mol. The molecule has 88 valence electrons. The molecule has 1 rings (SSSR count). The molecule has 16 heavy (non-hydrogen) atoms. The molecular weight excluding hydrogens is 213 g/mol. The van der Waals surface area contributed by atoms with Crippen LogP contribution in [0.1, 0.15) is 23.6 Å². The summed E-state index contributed by atoms with van der Waals surface area (Å²) < 4.78 is 17.8. The van der Waals surface area contributed by atoms with Gasteiger partial charge in [0.25, 0.3) is 0 Å². The van der Waals surface area contributed by atoms with Crippen LogP contribution in [0.3, 0.4) is 0 Å². The number of hydrogen-bond donors (Lipinski definition) is 2. The van der Waals surface area contributed by atoms with Crippen LogP contribution in [0.15, 0.2) is 12.1 Å². The molecule has 0 aromatic heterocycles. The van der Waals surface area contributed by atoms with E-state index in [-0.39, 0.29) is 12.0 Å². The first-order chi connectivity index (χ1) is 7.47. The van der Waals surface area contributed by atoms with Gasteiger partial charge in [0.05, 0.1) is 13.5 Å². The number of nitrogens with two attached hydrogens (primary N) is 1. The van der Waals surface area contributed by atoms with Crippen LogP contribution in [0.25, 0.3) is 0 Å². The minimum atomic E-state index is -0.775. The molecule has 0 radical (unpaired) electrons. The predicted octanol–water partition coefficient (Wildman–Crippen LogP) is 1.40. The van der Waals surface area contributed by atoms with E-state index in [0.29, 0.717) is 5.56 Å². The van der Waals surface area contributed by atoms with Crippen molar-refractivity contribution >= 4 is 5.97 Å². The third kappa shape index (κ3) is 2.49. The number of phenolic OH excluding ortho intramolecular Hbond substituents is 1. The highest BCUT2D eigenvalue weighted by molar-refractivity contribution is 5.70. The first-order valence-electron chi connectivity index (χ1n) is 4.77. The van der Waals surface area contributed by atoms with Gasteiger partial charge < -0.3 is 15.6 Å². The maximum Gasteiger partial charge on any atom is 0.307 e. The van der Waals surface area contributed by atoms with E-state index in [4.69, 9.17) is 5.73 Å². The molecule has 0 fully saturated rings. The number of aryl methyl sites for hydroxylation is 1.